The molecule has 0 radical (unpaired) electrons. The van der Waals surface area contributed by atoms with Crippen LogP contribution in [-0.2, 0) is 4.74 Å². The number of aliphatic imine (C=N–C) groups is 1. The number of hydrogen-bond donors (Lipinski definition) is 1. The summed E-state index contributed by atoms with van der Waals surface area (Å²) in [7, 11) is 0. The summed E-state index contributed by atoms with van der Waals surface area (Å²) in [6.45, 7) is 8.54. The molecule has 0 aromatic rings. The Morgan fingerprint density at radius 2 is 1.94 bits per heavy atom. The first-order chi connectivity index (χ1) is 8.17. The van der Waals surface area contributed by atoms with Crippen LogP contribution in [0.5, 0.6) is 0 Å². The summed E-state index contributed by atoms with van der Waals surface area (Å²) in [6, 6.07) is 0. The summed E-state index contributed by atoms with van der Waals surface area (Å²) >= 11 is 1.90. The van der Waals surface area contributed by atoms with Gasteiger partial charge < -0.3 is 15.4 Å². The number of ether oxygens (including phenoxy) is 1. The number of nitrogens with two attached hydrogens (primary N) is 1. The Morgan fingerprint density at radius 3 is 2.41 bits per heavy atom. The SMILES string of the molecule is CCN(CC)C(N)=NCC1(SC)CCOCC1. The van der Waals surface area contributed by atoms with E-state index in [1.165, 1.54) is 0 Å². The van der Waals surface area contributed by atoms with Crippen molar-refractivity contribution >= 4 is 17.7 Å². The zero-order chi connectivity index (χ0) is 12.7. The van der Waals surface area contributed by atoms with E-state index in [2.05, 4.69) is 30.0 Å². The third-order valence-corrected chi connectivity index (χ3v) is 4.86. The molecule has 0 spiro atoms. The van der Waals surface area contributed by atoms with Crippen molar-refractivity contribution in [2.45, 2.75) is 31.4 Å². The fourth-order valence-electron chi connectivity index (χ4n) is 2.04. The molecule has 5 heteroatoms. The molecule has 1 saturated heterocycles. The van der Waals surface area contributed by atoms with Crippen LogP contribution in [0, 0.1) is 0 Å². The fraction of sp³-hybridized carbons (Fsp3) is 0.917. The van der Waals surface area contributed by atoms with Gasteiger partial charge in [0.15, 0.2) is 5.96 Å². The van der Waals surface area contributed by atoms with E-state index in [-0.39, 0.29) is 4.75 Å². The average molecular weight is 259 g/mol. The molecule has 0 amide bonds. The highest BCUT2D eigenvalue weighted by Crippen LogP contribution is 2.33. The van der Waals surface area contributed by atoms with Gasteiger partial charge in [-0.2, -0.15) is 11.8 Å². The zero-order valence-corrected chi connectivity index (χ0v) is 12.1. The van der Waals surface area contributed by atoms with Gasteiger partial charge >= 0.3 is 0 Å². The maximum absolute atomic E-state index is 6.01. The van der Waals surface area contributed by atoms with Crippen LogP contribution in [-0.4, -0.2) is 54.7 Å². The molecule has 17 heavy (non-hydrogen) atoms. The maximum atomic E-state index is 6.01. The normalized spacial score (nSPS) is 20.3. The average Bonchev–Trinajstić information content (AvgIpc) is 2.39. The molecule has 0 aromatic heterocycles. The first-order valence-corrected chi connectivity index (χ1v) is 7.57. The first-order valence-electron chi connectivity index (χ1n) is 6.35. The van der Waals surface area contributed by atoms with E-state index in [9.17, 15) is 0 Å². The van der Waals surface area contributed by atoms with Gasteiger partial charge in [0.1, 0.15) is 0 Å². The molecule has 1 fully saturated rings. The summed E-state index contributed by atoms with van der Waals surface area (Å²) < 4.78 is 5.65. The lowest BCUT2D eigenvalue weighted by molar-refractivity contribution is 0.0794. The Hall–Kier alpha value is -0.420. The van der Waals surface area contributed by atoms with Crippen molar-refractivity contribution in [1.29, 1.82) is 0 Å². The van der Waals surface area contributed by atoms with Crippen LogP contribution in [0.3, 0.4) is 0 Å². The topological polar surface area (TPSA) is 50.8 Å². The number of thioether (sulfide) groups is 1. The molecular formula is C12H25N3OS. The molecule has 1 heterocycles. The van der Waals surface area contributed by atoms with Crippen molar-refractivity contribution in [3.8, 4) is 0 Å². The van der Waals surface area contributed by atoms with Crippen LogP contribution in [0.2, 0.25) is 0 Å². The van der Waals surface area contributed by atoms with Gasteiger partial charge in [-0.05, 0) is 32.9 Å². The molecule has 0 bridgehead atoms. The smallest absolute Gasteiger partial charge is 0.191 e. The highest BCUT2D eigenvalue weighted by molar-refractivity contribution is 8.00. The third kappa shape index (κ3) is 4.07. The second-order valence-corrected chi connectivity index (χ2v) is 5.62. The fourth-order valence-corrected chi connectivity index (χ4v) is 2.81. The summed E-state index contributed by atoms with van der Waals surface area (Å²) in [6.07, 6.45) is 4.31. The Labute approximate surface area is 109 Å². The Bertz CT molecular complexity index is 248. The van der Waals surface area contributed by atoms with E-state index < -0.39 is 0 Å². The van der Waals surface area contributed by atoms with E-state index in [0.29, 0.717) is 5.96 Å². The lowest BCUT2D eigenvalue weighted by Gasteiger charge is -2.34. The van der Waals surface area contributed by atoms with E-state index in [1.807, 2.05) is 11.8 Å². The van der Waals surface area contributed by atoms with Crippen molar-refractivity contribution in [3.63, 3.8) is 0 Å². The van der Waals surface area contributed by atoms with Crippen LogP contribution < -0.4 is 5.73 Å². The quantitative estimate of drug-likeness (QED) is 0.601. The van der Waals surface area contributed by atoms with E-state index in [1.54, 1.807) is 0 Å². The predicted octanol–water partition coefficient (Wildman–Crippen LogP) is 1.56. The number of guanidine groups is 1. The molecule has 0 atom stereocenters. The standard InChI is InChI=1S/C12H25N3OS/c1-4-15(5-2)11(13)14-10-12(17-3)6-8-16-9-7-12/h4-10H2,1-3H3,(H2,13,14). The minimum Gasteiger partial charge on any atom is -0.381 e. The molecule has 1 rings (SSSR count). The van der Waals surface area contributed by atoms with Crippen molar-refractivity contribution in [3.05, 3.63) is 0 Å². The molecule has 100 valence electrons. The van der Waals surface area contributed by atoms with Gasteiger partial charge in [0.25, 0.3) is 0 Å². The van der Waals surface area contributed by atoms with Gasteiger partial charge in [0, 0.05) is 31.1 Å². The van der Waals surface area contributed by atoms with Crippen LogP contribution in [0.15, 0.2) is 4.99 Å². The monoisotopic (exact) mass is 259 g/mol. The van der Waals surface area contributed by atoms with Gasteiger partial charge in [-0.15, -0.1) is 0 Å². The minimum atomic E-state index is 0.232. The van der Waals surface area contributed by atoms with Crippen LogP contribution in [0.4, 0.5) is 0 Å². The van der Waals surface area contributed by atoms with Crippen LogP contribution in [0.1, 0.15) is 26.7 Å². The van der Waals surface area contributed by atoms with Gasteiger partial charge in [-0.1, -0.05) is 0 Å². The van der Waals surface area contributed by atoms with Crippen LogP contribution in [0.25, 0.3) is 0 Å². The molecule has 1 aliphatic rings. The predicted molar refractivity (Wildman–Crippen MR) is 75.7 cm³/mol. The van der Waals surface area contributed by atoms with Crippen molar-refractivity contribution in [2.75, 3.05) is 39.1 Å². The molecule has 0 saturated carbocycles. The summed E-state index contributed by atoms with van der Waals surface area (Å²) in [5.74, 6) is 0.676. The highest BCUT2D eigenvalue weighted by Gasteiger charge is 2.31. The van der Waals surface area contributed by atoms with Gasteiger partial charge in [0.05, 0.1) is 6.54 Å². The Balaban J connectivity index is 2.59. The number of hydrogen-bond acceptors (Lipinski definition) is 3. The first kappa shape index (κ1) is 14.6. The van der Waals surface area contributed by atoms with Crippen LogP contribution >= 0.6 is 11.8 Å². The van der Waals surface area contributed by atoms with Crippen molar-refractivity contribution < 1.29 is 4.74 Å². The number of nitrogens with zero attached hydrogens (tertiary/aromatic N) is 2. The van der Waals surface area contributed by atoms with Crippen molar-refractivity contribution in [1.82, 2.24) is 4.90 Å². The molecule has 0 aliphatic carbocycles. The minimum absolute atomic E-state index is 0.232. The maximum Gasteiger partial charge on any atom is 0.191 e. The van der Waals surface area contributed by atoms with Gasteiger partial charge in [-0.25, -0.2) is 0 Å². The molecule has 0 aromatic carbocycles. The number of rotatable bonds is 5. The second kappa shape index (κ2) is 7.11. The molecule has 0 unspecified atom stereocenters. The van der Waals surface area contributed by atoms with E-state index >= 15 is 0 Å². The van der Waals surface area contributed by atoms with Crippen molar-refractivity contribution in [2.24, 2.45) is 10.7 Å². The molecular weight excluding hydrogens is 234 g/mol. The summed E-state index contributed by atoms with van der Waals surface area (Å²) in [4.78, 5) is 6.67. The largest absolute Gasteiger partial charge is 0.381 e. The van der Waals surface area contributed by atoms with Gasteiger partial charge in [-0.3, -0.25) is 4.99 Å². The lowest BCUT2D eigenvalue weighted by Crippen LogP contribution is -2.40. The molecule has 1 aliphatic heterocycles. The highest BCUT2D eigenvalue weighted by atomic mass is 32.2. The van der Waals surface area contributed by atoms with Gasteiger partial charge in [0.2, 0.25) is 0 Å². The lowest BCUT2D eigenvalue weighted by atomic mass is 9.99. The molecule has 4 nitrogen and oxygen atoms in total. The zero-order valence-electron chi connectivity index (χ0n) is 11.2. The third-order valence-electron chi connectivity index (χ3n) is 3.45. The Kier molecular flexibility index (Phi) is 6.12. The summed E-state index contributed by atoms with van der Waals surface area (Å²) in [5.41, 5.74) is 6.01. The Morgan fingerprint density at radius 1 is 1.35 bits per heavy atom. The summed E-state index contributed by atoms with van der Waals surface area (Å²) in [5, 5.41) is 0. The molecule has 2 N–H and O–H groups in total. The van der Waals surface area contributed by atoms with E-state index in [0.717, 1.165) is 45.7 Å². The van der Waals surface area contributed by atoms with E-state index in [4.69, 9.17) is 10.5 Å². The second-order valence-electron chi connectivity index (χ2n) is 4.35.